The van der Waals surface area contributed by atoms with Crippen LogP contribution in [0.3, 0.4) is 0 Å². The predicted molar refractivity (Wildman–Crippen MR) is 87.2 cm³/mol. The molecule has 2 saturated heterocycles. The van der Waals surface area contributed by atoms with E-state index in [0.717, 1.165) is 55.7 Å². The van der Waals surface area contributed by atoms with Gasteiger partial charge in [-0.15, -0.1) is 0 Å². The molecular weight excluding hydrogens is 284 g/mol. The molecule has 4 nitrogen and oxygen atoms in total. The molecule has 114 valence electrons. The van der Waals surface area contributed by atoms with Crippen molar-refractivity contribution in [2.45, 2.75) is 24.8 Å². The number of aliphatic imine (C=N–C) groups is 1. The highest BCUT2D eigenvalue weighted by atomic mass is 32.2. The van der Waals surface area contributed by atoms with E-state index in [1.807, 2.05) is 42.1 Å². The lowest BCUT2D eigenvalue weighted by atomic mass is 9.93. The number of ether oxygens (including phenoxy) is 2. The maximum absolute atomic E-state index is 5.67. The first kappa shape index (κ1) is 14.7. The standard InChI is InChI=1S/C16H22N2O2S/c1-2-5-14(6-3-1)20-10-4-9-17-15-18-16(13-21-15)7-11-19-12-8-16/h1-3,5-6H,4,7-13H2,(H,17,18). The van der Waals surface area contributed by atoms with Crippen molar-refractivity contribution in [2.24, 2.45) is 4.99 Å². The third-order valence-electron chi connectivity index (χ3n) is 3.88. The van der Waals surface area contributed by atoms with Gasteiger partial charge in [0, 0.05) is 31.9 Å². The van der Waals surface area contributed by atoms with Gasteiger partial charge in [-0.3, -0.25) is 4.99 Å². The molecule has 2 aliphatic rings. The van der Waals surface area contributed by atoms with Crippen molar-refractivity contribution >= 4 is 16.9 Å². The molecule has 1 aromatic rings. The summed E-state index contributed by atoms with van der Waals surface area (Å²) in [6.45, 7) is 3.26. The third-order valence-corrected chi connectivity index (χ3v) is 5.08. The van der Waals surface area contributed by atoms with Gasteiger partial charge in [-0.25, -0.2) is 0 Å². The van der Waals surface area contributed by atoms with E-state index in [9.17, 15) is 0 Å². The highest BCUT2D eigenvalue weighted by molar-refractivity contribution is 8.14. The Hall–Kier alpha value is -1.20. The van der Waals surface area contributed by atoms with Crippen LogP contribution in [0.4, 0.5) is 0 Å². The Labute approximate surface area is 130 Å². The normalized spacial score (nSPS) is 22.4. The molecule has 3 rings (SSSR count). The Morgan fingerprint density at radius 1 is 1.24 bits per heavy atom. The van der Waals surface area contributed by atoms with Crippen LogP contribution < -0.4 is 10.1 Å². The number of thioether (sulfide) groups is 1. The van der Waals surface area contributed by atoms with E-state index in [1.54, 1.807) is 0 Å². The number of amidine groups is 1. The number of hydrogen-bond donors (Lipinski definition) is 1. The first-order chi connectivity index (χ1) is 10.4. The quantitative estimate of drug-likeness (QED) is 0.849. The zero-order valence-corrected chi connectivity index (χ0v) is 13.0. The van der Waals surface area contributed by atoms with Gasteiger partial charge in [0.05, 0.1) is 12.1 Å². The topological polar surface area (TPSA) is 42.8 Å². The number of nitrogens with one attached hydrogen (secondary N) is 1. The molecule has 2 fully saturated rings. The average molecular weight is 306 g/mol. The van der Waals surface area contributed by atoms with Gasteiger partial charge >= 0.3 is 0 Å². The molecule has 0 aliphatic carbocycles. The summed E-state index contributed by atoms with van der Waals surface area (Å²) in [5.74, 6) is 2.05. The molecule has 0 bridgehead atoms. The van der Waals surface area contributed by atoms with Gasteiger partial charge < -0.3 is 14.8 Å². The predicted octanol–water partition coefficient (Wildman–Crippen LogP) is 2.70. The Morgan fingerprint density at radius 3 is 2.86 bits per heavy atom. The lowest BCUT2D eigenvalue weighted by Crippen LogP contribution is -2.48. The zero-order valence-electron chi connectivity index (χ0n) is 12.2. The maximum atomic E-state index is 5.67. The highest BCUT2D eigenvalue weighted by Gasteiger charge is 2.38. The van der Waals surface area contributed by atoms with E-state index in [1.165, 1.54) is 0 Å². The molecule has 0 atom stereocenters. The van der Waals surface area contributed by atoms with Crippen LogP contribution in [0.1, 0.15) is 19.3 Å². The molecule has 21 heavy (non-hydrogen) atoms. The molecular formula is C16H22N2O2S. The zero-order chi connectivity index (χ0) is 14.4. The van der Waals surface area contributed by atoms with Gasteiger partial charge in [-0.2, -0.15) is 0 Å². The van der Waals surface area contributed by atoms with Gasteiger partial charge in [0.15, 0.2) is 5.17 Å². The lowest BCUT2D eigenvalue weighted by Gasteiger charge is -2.32. The summed E-state index contributed by atoms with van der Waals surface area (Å²) in [7, 11) is 0. The van der Waals surface area contributed by atoms with Crippen LogP contribution in [0.25, 0.3) is 0 Å². The molecule has 2 aliphatic heterocycles. The molecule has 0 aromatic heterocycles. The number of para-hydroxylation sites is 1. The van der Waals surface area contributed by atoms with Crippen molar-refractivity contribution in [2.75, 3.05) is 32.1 Å². The van der Waals surface area contributed by atoms with Crippen LogP contribution in [-0.2, 0) is 4.74 Å². The fraction of sp³-hybridized carbons (Fsp3) is 0.562. The van der Waals surface area contributed by atoms with Crippen molar-refractivity contribution in [1.29, 1.82) is 0 Å². The summed E-state index contributed by atoms with van der Waals surface area (Å²) in [6, 6.07) is 9.93. The van der Waals surface area contributed by atoms with Crippen molar-refractivity contribution in [3.05, 3.63) is 30.3 Å². The fourth-order valence-corrected chi connectivity index (χ4v) is 3.82. The van der Waals surface area contributed by atoms with Gasteiger partial charge in [-0.1, -0.05) is 30.0 Å². The fourth-order valence-electron chi connectivity index (χ4n) is 2.57. The van der Waals surface area contributed by atoms with Crippen LogP contribution in [0.5, 0.6) is 5.75 Å². The Balaban J connectivity index is 1.37. The minimum absolute atomic E-state index is 0.238. The maximum Gasteiger partial charge on any atom is 0.157 e. The van der Waals surface area contributed by atoms with Crippen molar-refractivity contribution < 1.29 is 9.47 Å². The highest BCUT2D eigenvalue weighted by Crippen LogP contribution is 2.31. The SMILES string of the molecule is c1ccc(OCCCN=C2NC3(CCOCC3)CS2)cc1. The van der Waals surface area contributed by atoms with Crippen molar-refractivity contribution in [3.8, 4) is 5.75 Å². The number of benzene rings is 1. The minimum Gasteiger partial charge on any atom is -0.494 e. The van der Waals surface area contributed by atoms with Gasteiger partial charge in [0.2, 0.25) is 0 Å². The molecule has 0 radical (unpaired) electrons. The minimum atomic E-state index is 0.238. The van der Waals surface area contributed by atoms with E-state index >= 15 is 0 Å². The molecule has 0 unspecified atom stereocenters. The first-order valence-corrected chi connectivity index (χ1v) is 8.56. The van der Waals surface area contributed by atoms with Crippen molar-refractivity contribution in [3.63, 3.8) is 0 Å². The van der Waals surface area contributed by atoms with Crippen molar-refractivity contribution in [1.82, 2.24) is 5.32 Å². The smallest absolute Gasteiger partial charge is 0.157 e. The molecule has 5 heteroatoms. The van der Waals surface area contributed by atoms with Gasteiger partial charge in [-0.05, 0) is 25.0 Å². The lowest BCUT2D eigenvalue weighted by molar-refractivity contribution is 0.0555. The molecule has 0 saturated carbocycles. The van der Waals surface area contributed by atoms with E-state index in [-0.39, 0.29) is 5.54 Å². The number of hydrogen-bond acceptors (Lipinski definition) is 4. The van der Waals surface area contributed by atoms with Crippen LogP contribution in [0.2, 0.25) is 0 Å². The summed E-state index contributed by atoms with van der Waals surface area (Å²) < 4.78 is 11.1. The summed E-state index contributed by atoms with van der Waals surface area (Å²) in [5, 5.41) is 4.70. The molecule has 0 amide bonds. The molecule has 1 spiro atoms. The van der Waals surface area contributed by atoms with Gasteiger partial charge in [0.25, 0.3) is 0 Å². The molecule has 1 aromatic carbocycles. The second kappa shape index (κ2) is 7.18. The van der Waals surface area contributed by atoms with E-state index in [0.29, 0.717) is 6.61 Å². The van der Waals surface area contributed by atoms with Crippen LogP contribution in [0, 0.1) is 0 Å². The summed E-state index contributed by atoms with van der Waals surface area (Å²) in [6.07, 6.45) is 3.13. The molecule has 1 N–H and O–H groups in total. The van der Waals surface area contributed by atoms with E-state index in [2.05, 4.69) is 10.3 Å². The van der Waals surface area contributed by atoms with E-state index < -0.39 is 0 Å². The first-order valence-electron chi connectivity index (χ1n) is 7.57. The summed E-state index contributed by atoms with van der Waals surface area (Å²) in [5.41, 5.74) is 0.238. The van der Waals surface area contributed by atoms with Crippen LogP contribution in [-0.4, -0.2) is 42.8 Å². The van der Waals surface area contributed by atoms with Gasteiger partial charge in [0.1, 0.15) is 5.75 Å². The molecule has 2 heterocycles. The second-order valence-electron chi connectivity index (χ2n) is 5.51. The summed E-state index contributed by atoms with van der Waals surface area (Å²) in [4.78, 5) is 4.65. The second-order valence-corrected chi connectivity index (χ2v) is 6.47. The monoisotopic (exact) mass is 306 g/mol. The Morgan fingerprint density at radius 2 is 2.05 bits per heavy atom. The van der Waals surface area contributed by atoms with Crippen LogP contribution in [0.15, 0.2) is 35.3 Å². The average Bonchev–Trinajstić information content (AvgIpc) is 2.91. The summed E-state index contributed by atoms with van der Waals surface area (Å²) >= 11 is 1.84. The number of nitrogens with zero attached hydrogens (tertiary/aromatic N) is 1. The Bertz CT molecular complexity index is 472. The van der Waals surface area contributed by atoms with Crippen LogP contribution >= 0.6 is 11.8 Å². The Kier molecular flexibility index (Phi) is 5.04. The third kappa shape index (κ3) is 4.14. The number of rotatable bonds is 5. The van der Waals surface area contributed by atoms with E-state index in [4.69, 9.17) is 9.47 Å². The largest absolute Gasteiger partial charge is 0.494 e.